The van der Waals surface area contributed by atoms with Crippen molar-refractivity contribution in [2.45, 2.75) is 6.54 Å². The Morgan fingerprint density at radius 3 is 2.43 bits per heavy atom. The summed E-state index contributed by atoms with van der Waals surface area (Å²) in [4.78, 5) is 3.05. The number of nitrogens with two attached hydrogens (primary N) is 1. The Kier molecular flexibility index (Phi) is 2.33. The number of aromatic amines is 1. The normalized spacial score (nSPS) is 10.4. The molecule has 0 fully saturated rings. The molecule has 0 aliphatic carbocycles. The summed E-state index contributed by atoms with van der Waals surface area (Å²) in [6.07, 6.45) is 1.87. The van der Waals surface area contributed by atoms with Crippen LogP contribution in [0.25, 0.3) is 11.1 Å². The predicted molar refractivity (Wildman–Crippen MR) is 54.1 cm³/mol. The summed E-state index contributed by atoms with van der Waals surface area (Å²) < 4.78 is 12.6. The van der Waals surface area contributed by atoms with Gasteiger partial charge in [0.05, 0.1) is 0 Å². The van der Waals surface area contributed by atoms with Crippen LogP contribution < -0.4 is 5.73 Å². The number of H-pyrrole nitrogens is 1. The Morgan fingerprint density at radius 1 is 1.14 bits per heavy atom. The molecule has 3 heteroatoms. The third-order valence-electron chi connectivity index (χ3n) is 2.14. The number of benzene rings is 1. The minimum Gasteiger partial charge on any atom is -0.363 e. The van der Waals surface area contributed by atoms with Crippen molar-refractivity contribution in [3.8, 4) is 11.1 Å². The summed E-state index contributed by atoms with van der Waals surface area (Å²) in [6, 6.07) is 8.36. The monoisotopic (exact) mass is 190 g/mol. The van der Waals surface area contributed by atoms with Gasteiger partial charge in [-0.25, -0.2) is 4.39 Å². The van der Waals surface area contributed by atoms with E-state index in [9.17, 15) is 4.39 Å². The molecule has 0 saturated heterocycles. The van der Waals surface area contributed by atoms with Crippen LogP contribution >= 0.6 is 0 Å². The van der Waals surface area contributed by atoms with Gasteiger partial charge in [-0.1, -0.05) is 12.1 Å². The lowest BCUT2D eigenvalue weighted by molar-refractivity contribution is 0.628. The molecule has 0 aliphatic rings. The molecule has 0 atom stereocenters. The van der Waals surface area contributed by atoms with Crippen LogP contribution in [0.15, 0.2) is 36.5 Å². The van der Waals surface area contributed by atoms with Crippen molar-refractivity contribution >= 4 is 0 Å². The molecule has 14 heavy (non-hydrogen) atoms. The molecule has 2 aromatic rings. The molecule has 0 bridgehead atoms. The van der Waals surface area contributed by atoms with Gasteiger partial charge in [0, 0.05) is 18.4 Å². The second kappa shape index (κ2) is 3.64. The zero-order chi connectivity index (χ0) is 9.97. The summed E-state index contributed by atoms with van der Waals surface area (Å²) in [5.41, 5.74) is 8.47. The summed E-state index contributed by atoms with van der Waals surface area (Å²) >= 11 is 0. The van der Waals surface area contributed by atoms with E-state index in [-0.39, 0.29) is 5.82 Å². The molecule has 72 valence electrons. The first kappa shape index (κ1) is 8.97. The second-order valence-electron chi connectivity index (χ2n) is 3.12. The third-order valence-corrected chi connectivity index (χ3v) is 2.14. The van der Waals surface area contributed by atoms with E-state index >= 15 is 0 Å². The molecule has 1 heterocycles. The van der Waals surface area contributed by atoms with Crippen molar-refractivity contribution in [1.29, 1.82) is 0 Å². The van der Waals surface area contributed by atoms with Gasteiger partial charge in [0.1, 0.15) is 5.82 Å². The molecular formula is C11H11FN2. The van der Waals surface area contributed by atoms with Crippen LogP contribution in [-0.4, -0.2) is 4.98 Å². The van der Waals surface area contributed by atoms with Crippen molar-refractivity contribution in [2.24, 2.45) is 5.73 Å². The van der Waals surface area contributed by atoms with Gasteiger partial charge < -0.3 is 10.7 Å². The Balaban J connectivity index is 2.34. The van der Waals surface area contributed by atoms with Crippen molar-refractivity contribution in [3.05, 3.63) is 48.0 Å². The highest BCUT2D eigenvalue weighted by atomic mass is 19.1. The molecule has 1 aromatic carbocycles. The van der Waals surface area contributed by atoms with E-state index in [1.165, 1.54) is 12.1 Å². The first-order chi connectivity index (χ1) is 6.79. The largest absolute Gasteiger partial charge is 0.363 e. The van der Waals surface area contributed by atoms with Crippen molar-refractivity contribution < 1.29 is 4.39 Å². The minimum absolute atomic E-state index is 0.219. The van der Waals surface area contributed by atoms with Gasteiger partial charge >= 0.3 is 0 Å². The minimum atomic E-state index is -0.219. The quantitative estimate of drug-likeness (QED) is 0.749. The Labute approximate surface area is 81.6 Å². The molecule has 2 nitrogen and oxygen atoms in total. The average molecular weight is 190 g/mol. The highest BCUT2D eigenvalue weighted by Crippen LogP contribution is 2.20. The van der Waals surface area contributed by atoms with E-state index in [1.807, 2.05) is 12.3 Å². The highest BCUT2D eigenvalue weighted by Gasteiger charge is 2.00. The Hall–Kier alpha value is -1.61. The van der Waals surface area contributed by atoms with Crippen LogP contribution in [0.1, 0.15) is 5.69 Å². The van der Waals surface area contributed by atoms with Gasteiger partial charge in [-0.15, -0.1) is 0 Å². The zero-order valence-corrected chi connectivity index (χ0v) is 7.63. The number of aromatic nitrogens is 1. The molecule has 0 aliphatic heterocycles. The fraction of sp³-hybridized carbons (Fsp3) is 0.0909. The van der Waals surface area contributed by atoms with Gasteiger partial charge in [0.15, 0.2) is 0 Å². The van der Waals surface area contributed by atoms with Gasteiger partial charge in [-0.05, 0) is 29.3 Å². The number of halogens is 1. The number of hydrogen-bond acceptors (Lipinski definition) is 1. The van der Waals surface area contributed by atoms with Crippen molar-refractivity contribution in [3.63, 3.8) is 0 Å². The molecule has 2 rings (SSSR count). The van der Waals surface area contributed by atoms with E-state index in [4.69, 9.17) is 5.73 Å². The maximum Gasteiger partial charge on any atom is 0.123 e. The summed E-state index contributed by atoms with van der Waals surface area (Å²) in [6.45, 7) is 0.487. The van der Waals surface area contributed by atoms with Crippen LogP contribution in [0.5, 0.6) is 0 Å². The van der Waals surface area contributed by atoms with Crippen molar-refractivity contribution in [1.82, 2.24) is 4.98 Å². The lowest BCUT2D eigenvalue weighted by atomic mass is 10.1. The van der Waals surface area contributed by atoms with Crippen LogP contribution in [0, 0.1) is 5.82 Å². The van der Waals surface area contributed by atoms with Gasteiger partial charge in [-0.2, -0.15) is 0 Å². The summed E-state index contributed by atoms with van der Waals surface area (Å²) in [5, 5.41) is 0. The SMILES string of the molecule is NCc1cc(-c2ccc(F)cc2)c[nH]1. The lowest BCUT2D eigenvalue weighted by Crippen LogP contribution is -1.94. The standard InChI is InChI=1S/C11H11FN2/c12-10-3-1-8(2-4-10)9-5-11(6-13)14-7-9/h1-5,7,14H,6,13H2. The molecule has 0 spiro atoms. The molecule has 0 amide bonds. The fourth-order valence-corrected chi connectivity index (χ4v) is 1.37. The van der Waals surface area contributed by atoms with E-state index in [2.05, 4.69) is 4.98 Å². The first-order valence-electron chi connectivity index (χ1n) is 4.43. The second-order valence-corrected chi connectivity index (χ2v) is 3.12. The fourth-order valence-electron chi connectivity index (χ4n) is 1.37. The van der Waals surface area contributed by atoms with Crippen LogP contribution in [0.4, 0.5) is 4.39 Å². The van der Waals surface area contributed by atoms with Crippen LogP contribution in [0.2, 0.25) is 0 Å². The first-order valence-corrected chi connectivity index (χ1v) is 4.43. The molecular weight excluding hydrogens is 179 g/mol. The molecule has 0 radical (unpaired) electrons. The predicted octanol–water partition coefficient (Wildman–Crippen LogP) is 2.28. The topological polar surface area (TPSA) is 41.8 Å². The number of hydrogen-bond donors (Lipinski definition) is 2. The molecule has 0 saturated carbocycles. The highest BCUT2D eigenvalue weighted by molar-refractivity contribution is 5.63. The average Bonchev–Trinajstić information content (AvgIpc) is 2.67. The van der Waals surface area contributed by atoms with E-state index < -0.39 is 0 Å². The van der Waals surface area contributed by atoms with Gasteiger partial charge in [-0.3, -0.25) is 0 Å². The smallest absolute Gasteiger partial charge is 0.123 e. The maximum atomic E-state index is 12.6. The van der Waals surface area contributed by atoms with E-state index in [0.717, 1.165) is 16.8 Å². The van der Waals surface area contributed by atoms with Gasteiger partial charge in [0.2, 0.25) is 0 Å². The third kappa shape index (κ3) is 1.67. The molecule has 3 N–H and O–H groups in total. The van der Waals surface area contributed by atoms with E-state index in [1.54, 1.807) is 12.1 Å². The van der Waals surface area contributed by atoms with Crippen LogP contribution in [0.3, 0.4) is 0 Å². The summed E-state index contributed by atoms with van der Waals surface area (Å²) in [7, 11) is 0. The maximum absolute atomic E-state index is 12.6. The number of rotatable bonds is 2. The summed E-state index contributed by atoms with van der Waals surface area (Å²) in [5.74, 6) is -0.219. The Morgan fingerprint density at radius 2 is 1.86 bits per heavy atom. The molecule has 0 unspecified atom stereocenters. The van der Waals surface area contributed by atoms with Gasteiger partial charge in [0.25, 0.3) is 0 Å². The number of nitrogens with one attached hydrogen (secondary N) is 1. The lowest BCUT2D eigenvalue weighted by Gasteiger charge is -1.95. The Bertz CT molecular complexity index is 417. The van der Waals surface area contributed by atoms with Crippen LogP contribution in [-0.2, 0) is 6.54 Å². The van der Waals surface area contributed by atoms with Crippen molar-refractivity contribution in [2.75, 3.05) is 0 Å². The zero-order valence-electron chi connectivity index (χ0n) is 7.63. The molecule has 1 aromatic heterocycles. The van der Waals surface area contributed by atoms with E-state index in [0.29, 0.717) is 6.54 Å².